The summed E-state index contributed by atoms with van der Waals surface area (Å²) in [6, 6.07) is 16.8. The van der Waals surface area contributed by atoms with Crippen molar-refractivity contribution in [1.29, 1.82) is 0 Å². The number of likely N-dealkylation sites (N-methyl/N-ethyl adjacent to an activating group) is 1. The van der Waals surface area contributed by atoms with E-state index in [9.17, 15) is 18.0 Å². The van der Waals surface area contributed by atoms with Gasteiger partial charge in [-0.2, -0.15) is 13.2 Å². The number of hydrogen-bond acceptors (Lipinski definition) is 5. The van der Waals surface area contributed by atoms with Crippen LogP contribution >= 0.6 is 0 Å². The van der Waals surface area contributed by atoms with E-state index >= 15 is 0 Å². The number of anilines is 2. The van der Waals surface area contributed by atoms with Crippen molar-refractivity contribution in [2.24, 2.45) is 10.9 Å². The van der Waals surface area contributed by atoms with Gasteiger partial charge in [0, 0.05) is 61.0 Å². The van der Waals surface area contributed by atoms with Crippen LogP contribution in [0.5, 0.6) is 0 Å². The maximum atomic E-state index is 13.6. The number of hydrogen-bond donors (Lipinski definition) is 1. The highest BCUT2D eigenvalue weighted by atomic mass is 19.4. The van der Waals surface area contributed by atoms with E-state index in [1.165, 1.54) is 28.5 Å². The zero-order chi connectivity index (χ0) is 26.4. The molecule has 6 nitrogen and oxygen atoms in total. The summed E-state index contributed by atoms with van der Waals surface area (Å²) in [6.45, 7) is 3.93. The Labute approximate surface area is 218 Å². The number of amidine groups is 1. The lowest BCUT2D eigenvalue weighted by atomic mass is 10.1. The van der Waals surface area contributed by atoms with Gasteiger partial charge in [0.2, 0.25) is 0 Å². The van der Waals surface area contributed by atoms with E-state index in [1.807, 2.05) is 12.1 Å². The Morgan fingerprint density at radius 2 is 1.71 bits per heavy atom. The van der Waals surface area contributed by atoms with Crippen LogP contribution in [0.15, 0.2) is 70.5 Å². The third-order valence-corrected chi connectivity index (χ3v) is 7.54. The molecule has 38 heavy (non-hydrogen) atoms. The molecule has 1 aliphatic carbocycles. The zero-order valence-corrected chi connectivity index (χ0v) is 21.0. The maximum absolute atomic E-state index is 13.6. The predicted molar refractivity (Wildman–Crippen MR) is 144 cm³/mol. The van der Waals surface area contributed by atoms with Crippen LogP contribution in [0.1, 0.15) is 17.5 Å². The van der Waals surface area contributed by atoms with Gasteiger partial charge in [0.05, 0.1) is 17.5 Å². The summed E-state index contributed by atoms with van der Waals surface area (Å²) < 4.78 is 42.3. The molecule has 2 fully saturated rings. The van der Waals surface area contributed by atoms with E-state index in [1.54, 1.807) is 18.3 Å². The number of rotatable bonds is 4. The molecule has 9 heteroatoms. The Balaban J connectivity index is 1.27. The predicted octanol–water partition coefficient (Wildman–Crippen LogP) is 3.10. The van der Waals surface area contributed by atoms with Crippen molar-refractivity contribution in [2.45, 2.75) is 19.1 Å². The molecule has 1 aromatic heterocycles. The first-order valence-electron chi connectivity index (χ1n) is 12.7. The summed E-state index contributed by atoms with van der Waals surface area (Å²) >= 11 is 0. The summed E-state index contributed by atoms with van der Waals surface area (Å²) in [7, 11) is 2.14. The maximum Gasteiger partial charge on any atom is 0.416 e. The van der Waals surface area contributed by atoms with Crippen LogP contribution in [0.3, 0.4) is 0 Å². The van der Waals surface area contributed by atoms with Crippen molar-refractivity contribution < 1.29 is 13.2 Å². The van der Waals surface area contributed by atoms with Gasteiger partial charge in [-0.1, -0.05) is 18.2 Å². The molecule has 0 radical (unpaired) electrons. The van der Waals surface area contributed by atoms with Crippen LogP contribution in [0, 0.1) is 5.92 Å². The van der Waals surface area contributed by atoms with Gasteiger partial charge in [-0.3, -0.25) is 4.79 Å². The number of halogens is 3. The van der Waals surface area contributed by atoms with Gasteiger partial charge in [0.25, 0.3) is 5.56 Å². The minimum atomic E-state index is -4.49. The summed E-state index contributed by atoms with van der Waals surface area (Å²) in [5.74, 6) is 0.772. The normalized spacial score (nSPS) is 19.2. The van der Waals surface area contributed by atoms with Crippen LogP contribution in [-0.2, 0) is 12.7 Å². The molecule has 1 N–H and O–H groups in total. The van der Waals surface area contributed by atoms with Crippen LogP contribution in [0.4, 0.5) is 24.5 Å². The molecule has 2 aromatic carbocycles. The first-order chi connectivity index (χ1) is 18.3. The number of pyridine rings is 1. The Bertz CT molecular complexity index is 1580. The second-order valence-electron chi connectivity index (χ2n) is 10.1. The van der Waals surface area contributed by atoms with E-state index in [0.717, 1.165) is 54.6 Å². The van der Waals surface area contributed by atoms with Crippen molar-refractivity contribution in [3.05, 3.63) is 92.7 Å². The second kappa shape index (κ2) is 9.47. The minimum absolute atomic E-state index is 0.00396. The van der Waals surface area contributed by atoms with Gasteiger partial charge in [0.15, 0.2) is 0 Å². The molecule has 1 saturated carbocycles. The number of piperazine rings is 1. The molecule has 3 aromatic rings. The van der Waals surface area contributed by atoms with Gasteiger partial charge >= 0.3 is 6.18 Å². The molecule has 0 unspecified atom stereocenters. The molecule has 0 spiro atoms. The van der Waals surface area contributed by atoms with Crippen molar-refractivity contribution in [2.75, 3.05) is 43.4 Å². The summed E-state index contributed by atoms with van der Waals surface area (Å²) in [5, 5.41) is 4.83. The van der Waals surface area contributed by atoms with Gasteiger partial charge in [-0.15, -0.1) is 0 Å². The highest BCUT2D eigenvalue weighted by Gasteiger charge is 2.38. The summed E-state index contributed by atoms with van der Waals surface area (Å²) in [5.41, 5.74) is 2.13. The van der Waals surface area contributed by atoms with Gasteiger partial charge < -0.3 is 19.7 Å². The molecule has 1 atom stereocenters. The number of nitrogens with one attached hydrogen (secondary N) is 1. The summed E-state index contributed by atoms with van der Waals surface area (Å²) in [6.07, 6.45) is -2.09. The smallest absolute Gasteiger partial charge is 0.369 e. The number of nitrogens with zero attached hydrogens (tertiary/aromatic N) is 4. The number of fused-ring (bicyclic) bond motifs is 2. The lowest BCUT2D eigenvalue weighted by Gasteiger charge is -2.34. The Morgan fingerprint density at radius 1 is 0.974 bits per heavy atom. The molecule has 6 rings (SSSR count). The molecule has 0 amide bonds. The van der Waals surface area contributed by atoms with Crippen molar-refractivity contribution in [3.63, 3.8) is 0 Å². The van der Waals surface area contributed by atoms with Crippen LogP contribution in [0.25, 0.3) is 11.8 Å². The van der Waals surface area contributed by atoms with Crippen molar-refractivity contribution in [1.82, 2.24) is 9.47 Å². The fourth-order valence-corrected chi connectivity index (χ4v) is 5.32. The first kappa shape index (κ1) is 24.5. The van der Waals surface area contributed by atoms with Gasteiger partial charge in [-0.25, -0.2) is 4.99 Å². The third kappa shape index (κ3) is 4.74. The van der Waals surface area contributed by atoms with Crippen LogP contribution < -0.4 is 26.3 Å². The van der Waals surface area contributed by atoms with Crippen molar-refractivity contribution >= 4 is 29.0 Å². The molecular formula is C29H28F3N5O. The van der Waals surface area contributed by atoms with E-state index in [2.05, 4.69) is 39.3 Å². The Morgan fingerprint density at radius 3 is 2.45 bits per heavy atom. The molecule has 0 bridgehead atoms. The molecule has 1 saturated heterocycles. The fourth-order valence-electron chi connectivity index (χ4n) is 5.32. The van der Waals surface area contributed by atoms with E-state index in [0.29, 0.717) is 11.8 Å². The quantitative estimate of drug-likeness (QED) is 0.576. The van der Waals surface area contributed by atoms with Gasteiger partial charge in [-0.05, 0) is 61.0 Å². The van der Waals surface area contributed by atoms with E-state index in [4.69, 9.17) is 0 Å². The van der Waals surface area contributed by atoms with Crippen molar-refractivity contribution in [3.8, 4) is 0 Å². The molecular weight excluding hydrogens is 491 g/mol. The molecule has 3 aliphatic rings. The number of benzene rings is 2. The Kier molecular flexibility index (Phi) is 6.10. The highest BCUT2D eigenvalue weighted by Crippen LogP contribution is 2.40. The standard InChI is InChI=1S/C29H28F3N5O/c1-35-12-14-36(15-13-35)22-9-7-21(8-10-22)34-28-24-16-23(24)27-19(17-33-28)6-11-26(38)37(27)18-20-4-2-3-5-25(20)29(30,31)32/h2-11,17,24H,12-16,18H2,1H3,(H,33,34)/t24-/m0/s1. The topological polar surface area (TPSA) is 52.9 Å². The average Bonchev–Trinajstić information content (AvgIpc) is 3.70. The van der Waals surface area contributed by atoms with E-state index < -0.39 is 11.7 Å². The van der Waals surface area contributed by atoms with Crippen LogP contribution in [0.2, 0.25) is 0 Å². The molecule has 196 valence electrons. The van der Waals surface area contributed by atoms with Gasteiger partial charge in [0.1, 0.15) is 5.84 Å². The zero-order valence-electron chi connectivity index (χ0n) is 21.0. The van der Waals surface area contributed by atoms with E-state index in [-0.39, 0.29) is 23.6 Å². The highest BCUT2D eigenvalue weighted by molar-refractivity contribution is 6.08. The number of aromatic nitrogens is 1. The monoisotopic (exact) mass is 519 g/mol. The summed E-state index contributed by atoms with van der Waals surface area (Å²) in [4.78, 5) is 22.3. The third-order valence-electron chi connectivity index (χ3n) is 7.54. The molecule has 2 aliphatic heterocycles. The number of alkyl halides is 3. The number of aliphatic imine (C=N–C) groups is 1. The molecule has 3 heterocycles. The lowest BCUT2D eigenvalue weighted by molar-refractivity contribution is -0.138. The Hall–Kier alpha value is -3.85. The van der Waals surface area contributed by atoms with Crippen LogP contribution in [-0.4, -0.2) is 48.5 Å². The first-order valence-corrected chi connectivity index (χ1v) is 12.7. The fraction of sp³-hybridized carbons (Fsp3) is 0.310. The minimum Gasteiger partial charge on any atom is -0.369 e. The second-order valence-corrected chi connectivity index (χ2v) is 10.1. The largest absolute Gasteiger partial charge is 0.416 e. The lowest BCUT2D eigenvalue weighted by Crippen LogP contribution is -2.44. The SMILES string of the molecule is CN1CCN(c2ccc(NC3=NC=c4ccc(=O)n(Cc5ccccc5C(F)(F)F)c4=C4C[C@H]34)cc2)CC1. The average molecular weight is 520 g/mol.